The van der Waals surface area contributed by atoms with Crippen LogP contribution in [0.4, 0.5) is 0 Å². The summed E-state index contributed by atoms with van der Waals surface area (Å²) in [5.74, 6) is -1.14. The van der Waals surface area contributed by atoms with Crippen LogP contribution in [-0.2, 0) is 14.3 Å². The molecule has 0 aromatic heterocycles. The second-order valence-corrected chi connectivity index (χ2v) is 8.27. The summed E-state index contributed by atoms with van der Waals surface area (Å²) in [5.41, 5.74) is 1.06. The highest BCUT2D eigenvalue weighted by molar-refractivity contribution is 5.97. The highest BCUT2D eigenvalue weighted by Gasteiger charge is 2.23. The number of benzene rings is 1. The molecule has 1 aromatic rings. The Hall–Kier alpha value is -2.42. The van der Waals surface area contributed by atoms with Crippen molar-refractivity contribution < 1.29 is 14.3 Å². The van der Waals surface area contributed by atoms with Crippen LogP contribution in [0.15, 0.2) is 60.7 Å². The van der Waals surface area contributed by atoms with Crippen molar-refractivity contribution in [3.63, 3.8) is 0 Å². The van der Waals surface area contributed by atoms with Crippen LogP contribution in [0.25, 0.3) is 6.08 Å². The van der Waals surface area contributed by atoms with Crippen molar-refractivity contribution >= 4 is 17.8 Å². The monoisotopic (exact) mass is 438 g/mol. The van der Waals surface area contributed by atoms with Gasteiger partial charge in [0.25, 0.3) is 0 Å². The van der Waals surface area contributed by atoms with Crippen molar-refractivity contribution in [3.8, 4) is 0 Å². The topological polar surface area (TPSA) is 43.4 Å². The smallest absolute Gasteiger partial charge is 0.316 e. The number of rotatable bonds is 18. The van der Waals surface area contributed by atoms with Gasteiger partial charge in [-0.2, -0.15) is 0 Å². The SMILES string of the molecule is CCCCC/C=C\C/C=C\CCCCCCC(C(C)=O)C(=O)OCC=Cc1ccccc1. The van der Waals surface area contributed by atoms with Crippen LogP contribution in [0.3, 0.4) is 0 Å². The molecule has 1 rings (SSSR count). The molecule has 32 heavy (non-hydrogen) atoms. The van der Waals surface area contributed by atoms with Crippen molar-refractivity contribution in [1.82, 2.24) is 0 Å². The Morgan fingerprint density at radius 1 is 0.844 bits per heavy atom. The Labute approximate surface area is 195 Å². The van der Waals surface area contributed by atoms with E-state index in [9.17, 15) is 9.59 Å². The zero-order valence-corrected chi connectivity index (χ0v) is 20.1. The first kappa shape index (κ1) is 27.6. The zero-order valence-electron chi connectivity index (χ0n) is 20.1. The Bertz CT molecular complexity index is 700. The molecule has 0 radical (unpaired) electrons. The van der Waals surface area contributed by atoms with E-state index in [4.69, 9.17) is 4.74 Å². The number of hydrogen-bond acceptors (Lipinski definition) is 3. The fraction of sp³-hybridized carbons (Fsp3) is 0.517. The van der Waals surface area contributed by atoms with E-state index in [1.807, 2.05) is 36.4 Å². The number of Topliss-reactive ketones (excluding diaryl/α,β-unsaturated/α-hetero) is 1. The summed E-state index contributed by atoms with van der Waals surface area (Å²) in [4.78, 5) is 24.1. The molecule has 0 N–H and O–H groups in total. The third-order valence-electron chi connectivity index (χ3n) is 5.40. The summed E-state index contributed by atoms with van der Waals surface area (Å²) in [6.07, 6.45) is 24.7. The summed E-state index contributed by atoms with van der Waals surface area (Å²) in [5, 5.41) is 0. The average molecular weight is 439 g/mol. The number of unbranched alkanes of at least 4 members (excludes halogenated alkanes) is 7. The number of carbonyl (C=O) groups excluding carboxylic acids is 2. The Balaban J connectivity index is 2.11. The van der Waals surface area contributed by atoms with Gasteiger partial charge in [0.05, 0.1) is 0 Å². The summed E-state index contributed by atoms with van der Waals surface area (Å²) >= 11 is 0. The minimum Gasteiger partial charge on any atom is -0.461 e. The van der Waals surface area contributed by atoms with E-state index in [1.54, 1.807) is 6.08 Å². The molecule has 0 aliphatic rings. The van der Waals surface area contributed by atoms with Crippen LogP contribution >= 0.6 is 0 Å². The van der Waals surface area contributed by atoms with Crippen LogP contribution in [-0.4, -0.2) is 18.4 Å². The Kier molecular flexibility index (Phi) is 16.6. The zero-order chi connectivity index (χ0) is 23.3. The number of allylic oxidation sites excluding steroid dienone is 4. The third-order valence-corrected chi connectivity index (χ3v) is 5.40. The lowest BCUT2D eigenvalue weighted by molar-refractivity contribution is -0.150. The van der Waals surface area contributed by atoms with Gasteiger partial charge in [0.2, 0.25) is 0 Å². The lowest BCUT2D eigenvalue weighted by atomic mass is 9.97. The molecule has 0 fully saturated rings. The van der Waals surface area contributed by atoms with E-state index < -0.39 is 11.9 Å². The van der Waals surface area contributed by atoms with Gasteiger partial charge in [-0.25, -0.2) is 0 Å². The van der Waals surface area contributed by atoms with Crippen molar-refractivity contribution in [1.29, 1.82) is 0 Å². The van der Waals surface area contributed by atoms with Crippen LogP contribution in [0.1, 0.15) is 90.0 Å². The van der Waals surface area contributed by atoms with Gasteiger partial charge in [-0.1, -0.05) is 99.7 Å². The molecule has 0 aliphatic carbocycles. The molecule has 0 amide bonds. The maximum Gasteiger partial charge on any atom is 0.316 e. The van der Waals surface area contributed by atoms with E-state index in [0.29, 0.717) is 6.42 Å². The average Bonchev–Trinajstić information content (AvgIpc) is 2.79. The van der Waals surface area contributed by atoms with Gasteiger partial charge in [-0.05, 0) is 57.1 Å². The van der Waals surface area contributed by atoms with Crippen molar-refractivity contribution in [2.45, 2.75) is 84.5 Å². The van der Waals surface area contributed by atoms with Gasteiger partial charge in [0.1, 0.15) is 18.3 Å². The number of ketones is 1. The summed E-state index contributed by atoms with van der Waals surface area (Å²) < 4.78 is 5.30. The minimum atomic E-state index is -0.635. The molecule has 1 atom stereocenters. The first-order valence-corrected chi connectivity index (χ1v) is 12.3. The molecule has 1 unspecified atom stereocenters. The number of ether oxygens (including phenoxy) is 1. The van der Waals surface area contributed by atoms with E-state index in [-0.39, 0.29) is 12.4 Å². The first-order chi connectivity index (χ1) is 15.6. The van der Waals surface area contributed by atoms with Gasteiger partial charge in [0, 0.05) is 0 Å². The van der Waals surface area contributed by atoms with Gasteiger partial charge < -0.3 is 4.74 Å². The van der Waals surface area contributed by atoms with E-state index in [2.05, 4.69) is 31.2 Å². The molecule has 0 bridgehead atoms. The van der Waals surface area contributed by atoms with E-state index >= 15 is 0 Å². The number of hydrogen-bond donors (Lipinski definition) is 0. The molecular weight excluding hydrogens is 396 g/mol. The highest BCUT2D eigenvalue weighted by atomic mass is 16.5. The second-order valence-electron chi connectivity index (χ2n) is 8.27. The number of carbonyl (C=O) groups is 2. The van der Waals surface area contributed by atoms with Crippen molar-refractivity contribution in [3.05, 3.63) is 66.3 Å². The van der Waals surface area contributed by atoms with Gasteiger partial charge in [-0.3, -0.25) is 9.59 Å². The highest BCUT2D eigenvalue weighted by Crippen LogP contribution is 2.15. The normalized spacial score (nSPS) is 12.7. The summed E-state index contributed by atoms with van der Waals surface area (Å²) in [6.45, 7) is 3.90. The van der Waals surface area contributed by atoms with Crippen LogP contribution in [0, 0.1) is 5.92 Å². The molecule has 3 nitrogen and oxygen atoms in total. The molecule has 0 spiro atoms. The van der Waals surface area contributed by atoms with Crippen molar-refractivity contribution in [2.75, 3.05) is 6.61 Å². The second kappa shape index (κ2) is 19.3. The third kappa shape index (κ3) is 14.6. The molecule has 176 valence electrons. The largest absolute Gasteiger partial charge is 0.461 e. The van der Waals surface area contributed by atoms with E-state index in [0.717, 1.165) is 44.1 Å². The molecule has 0 aliphatic heterocycles. The lowest BCUT2D eigenvalue weighted by Gasteiger charge is -2.12. The predicted octanol–water partition coefficient (Wildman–Crippen LogP) is 7.87. The van der Waals surface area contributed by atoms with Gasteiger partial charge in [0.15, 0.2) is 0 Å². The van der Waals surface area contributed by atoms with Gasteiger partial charge >= 0.3 is 5.97 Å². The maximum absolute atomic E-state index is 12.3. The van der Waals surface area contributed by atoms with E-state index in [1.165, 1.54) is 32.6 Å². The fourth-order valence-electron chi connectivity index (χ4n) is 3.45. The molecule has 0 heterocycles. The maximum atomic E-state index is 12.3. The minimum absolute atomic E-state index is 0.104. The number of esters is 1. The fourth-order valence-corrected chi connectivity index (χ4v) is 3.45. The van der Waals surface area contributed by atoms with Crippen LogP contribution in [0.5, 0.6) is 0 Å². The lowest BCUT2D eigenvalue weighted by Crippen LogP contribution is -2.24. The van der Waals surface area contributed by atoms with Crippen LogP contribution < -0.4 is 0 Å². The predicted molar refractivity (Wildman–Crippen MR) is 135 cm³/mol. The summed E-state index contributed by atoms with van der Waals surface area (Å²) in [6, 6.07) is 9.85. The van der Waals surface area contributed by atoms with Crippen molar-refractivity contribution in [2.24, 2.45) is 5.92 Å². The Morgan fingerprint density at radius 2 is 1.50 bits per heavy atom. The van der Waals surface area contributed by atoms with Gasteiger partial charge in [-0.15, -0.1) is 0 Å². The molecule has 1 aromatic carbocycles. The summed E-state index contributed by atoms with van der Waals surface area (Å²) in [7, 11) is 0. The Morgan fingerprint density at radius 3 is 2.16 bits per heavy atom. The quantitative estimate of drug-likeness (QED) is 0.101. The molecular formula is C29H42O3. The first-order valence-electron chi connectivity index (χ1n) is 12.3. The standard InChI is InChI=1S/C29H42O3/c1-3-4-5-6-7-8-9-10-11-12-13-14-15-19-24-28(26(2)30)29(31)32-25-20-23-27-21-17-16-18-22-27/h7-8,10-11,16-18,20-23,28H,3-6,9,12-15,19,24-25H2,1-2H3/b8-7-,11-10-,23-20?. The molecule has 3 heteroatoms. The molecule has 0 saturated heterocycles. The molecule has 0 saturated carbocycles. The van der Waals surface area contributed by atoms with Crippen LogP contribution in [0.2, 0.25) is 0 Å².